The Bertz CT molecular complexity index is 643. The Balaban J connectivity index is 1.93. The third-order valence-electron chi connectivity index (χ3n) is 4.19. The SMILES string of the molecule is Cc1n[nH]c(C)c1[C@@H](C)CC(=O)NC[C@](C)(O)c1ccccc1. The molecule has 5 heteroatoms. The highest BCUT2D eigenvalue weighted by molar-refractivity contribution is 5.77. The number of amides is 1. The van der Waals surface area contributed by atoms with Crippen LogP contribution in [-0.4, -0.2) is 27.8 Å². The highest BCUT2D eigenvalue weighted by atomic mass is 16.3. The standard InChI is InChI=1S/C18H25N3O2/c1-12(17-13(2)20-21-14(17)3)10-16(22)19-11-18(4,23)15-8-6-5-7-9-15/h5-9,12,23H,10-11H2,1-4H3,(H,19,22)(H,20,21)/t12-,18-/m0/s1. The molecule has 0 spiro atoms. The second-order valence-electron chi connectivity index (χ2n) is 6.37. The number of nitrogens with one attached hydrogen (secondary N) is 2. The van der Waals surface area contributed by atoms with E-state index in [0.29, 0.717) is 6.42 Å². The number of H-pyrrole nitrogens is 1. The van der Waals surface area contributed by atoms with Crippen molar-refractivity contribution in [2.24, 2.45) is 0 Å². The molecule has 0 aliphatic carbocycles. The Labute approximate surface area is 137 Å². The van der Waals surface area contributed by atoms with Gasteiger partial charge in [-0.1, -0.05) is 37.3 Å². The lowest BCUT2D eigenvalue weighted by atomic mass is 9.94. The molecular formula is C18H25N3O2. The summed E-state index contributed by atoms with van der Waals surface area (Å²) < 4.78 is 0. The predicted octanol–water partition coefficient (Wildman–Crippen LogP) is 2.54. The highest BCUT2D eigenvalue weighted by Gasteiger charge is 2.24. The van der Waals surface area contributed by atoms with Gasteiger partial charge in [0.15, 0.2) is 0 Å². The molecule has 0 saturated heterocycles. The first kappa shape index (κ1) is 17.2. The van der Waals surface area contributed by atoms with Gasteiger partial charge in [0.25, 0.3) is 0 Å². The summed E-state index contributed by atoms with van der Waals surface area (Å²) >= 11 is 0. The molecule has 2 aromatic rings. The molecule has 0 fully saturated rings. The van der Waals surface area contributed by atoms with E-state index in [1.807, 2.05) is 51.1 Å². The number of aliphatic hydroxyl groups is 1. The lowest BCUT2D eigenvalue weighted by Crippen LogP contribution is -2.38. The first-order valence-electron chi connectivity index (χ1n) is 7.87. The van der Waals surface area contributed by atoms with E-state index in [9.17, 15) is 9.90 Å². The fourth-order valence-electron chi connectivity index (χ4n) is 2.91. The largest absolute Gasteiger partial charge is 0.384 e. The van der Waals surface area contributed by atoms with Crippen molar-refractivity contribution < 1.29 is 9.90 Å². The zero-order chi connectivity index (χ0) is 17.0. The van der Waals surface area contributed by atoms with Crippen molar-refractivity contribution in [3.8, 4) is 0 Å². The summed E-state index contributed by atoms with van der Waals surface area (Å²) in [5.41, 5.74) is 2.73. The molecule has 1 heterocycles. The van der Waals surface area contributed by atoms with Gasteiger partial charge in [-0.05, 0) is 37.8 Å². The van der Waals surface area contributed by atoms with E-state index in [1.54, 1.807) is 6.92 Å². The smallest absolute Gasteiger partial charge is 0.220 e. The maximum atomic E-state index is 12.2. The number of rotatable bonds is 6. The summed E-state index contributed by atoms with van der Waals surface area (Å²) in [5, 5.41) is 20.5. The van der Waals surface area contributed by atoms with Gasteiger partial charge in [-0.3, -0.25) is 9.89 Å². The minimum absolute atomic E-state index is 0.0753. The molecule has 124 valence electrons. The molecule has 1 aromatic carbocycles. The average molecular weight is 315 g/mol. The van der Waals surface area contributed by atoms with E-state index in [1.165, 1.54) is 0 Å². The van der Waals surface area contributed by atoms with Gasteiger partial charge in [0.1, 0.15) is 5.60 Å². The number of benzene rings is 1. The summed E-state index contributed by atoms with van der Waals surface area (Å²) in [5.74, 6) is 0.00382. The van der Waals surface area contributed by atoms with Gasteiger partial charge >= 0.3 is 0 Å². The van der Waals surface area contributed by atoms with E-state index in [2.05, 4.69) is 15.5 Å². The summed E-state index contributed by atoms with van der Waals surface area (Å²) in [6.07, 6.45) is 0.367. The first-order chi connectivity index (χ1) is 10.8. The van der Waals surface area contributed by atoms with Crippen LogP contribution in [0.25, 0.3) is 0 Å². The predicted molar refractivity (Wildman–Crippen MR) is 90.1 cm³/mol. The van der Waals surface area contributed by atoms with Crippen molar-refractivity contribution in [2.75, 3.05) is 6.54 Å². The van der Waals surface area contributed by atoms with Crippen LogP contribution >= 0.6 is 0 Å². The van der Waals surface area contributed by atoms with Gasteiger partial charge in [0.2, 0.25) is 5.91 Å². The van der Waals surface area contributed by atoms with Crippen LogP contribution in [0.3, 0.4) is 0 Å². The van der Waals surface area contributed by atoms with Crippen LogP contribution in [0.15, 0.2) is 30.3 Å². The second kappa shape index (κ2) is 6.96. The van der Waals surface area contributed by atoms with E-state index >= 15 is 0 Å². The van der Waals surface area contributed by atoms with Crippen LogP contribution in [0.2, 0.25) is 0 Å². The number of hydrogen-bond donors (Lipinski definition) is 3. The van der Waals surface area contributed by atoms with Crippen LogP contribution in [0, 0.1) is 13.8 Å². The minimum Gasteiger partial charge on any atom is -0.384 e. The summed E-state index contributed by atoms with van der Waals surface area (Å²) in [4.78, 5) is 12.2. The Morgan fingerprint density at radius 2 is 2.00 bits per heavy atom. The van der Waals surface area contributed by atoms with Crippen LogP contribution in [-0.2, 0) is 10.4 Å². The van der Waals surface area contributed by atoms with Gasteiger partial charge in [-0.25, -0.2) is 0 Å². The molecule has 0 saturated carbocycles. The molecule has 5 nitrogen and oxygen atoms in total. The van der Waals surface area contributed by atoms with E-state index in [0.717, 1.165) is 22.5 Å². The zero-order valence-electron chi connectivity index (χ0n) is 14.2. The number of carbonyl (C=O) groups is 1. The third kappa shape index (κ3) is 4.20. The van der Waals surface area contributed by atoms with Crippen molar-refractivity contribution in [2.45, 2.75) is 45.6 Å². The molecule has 1 amide bonds. The highest BCUT2D eigenvalue weighted by Crippen LogP contribution is 2.24. The molecule has 0 radical (unpaired) electrons. The number of aromatic nitrogens is 2. The lowest BCUT2D eigenvalue weighted by molar-refractivity contribution is -0.122. The van der Waals surface area contributed by atoms with Crippen molar-refractivity contribution in [3.05, 3.63) is 52.8 Å². The van der Waals surface area contributed by atoms with E-state index < -0.39 is 5.60 Å². The number of hydrogen-bond acceptors (Lipinski definition) is 3. The number of carbonyl (C=O) groups excluding carboxylic acids is 1. The molecule has 2 rings (SSSR count). The van der Waals surface area contributed by atoms with Crippen LogP contribution in [0.1, 0.15) is 48.7 Å². The summed E-state index contributed by atoms with van der Waals surface area (Å²) in [7, 11) is 0. The number of nitrogens with zero attached hydrogens (tertiary/aromatic N) is 1. The molecule has 0 unspecified atom stereocenters. The molecule has 23 heavy (non-hydrogen) atoms. The maximum absolute atomic E-state index is 12.2. The van der Waals surface area contributed by atoms with Crippen molar-refractivity contribution >= 4 is 5.91 Å². The Morgan fingerprint density at radius 1 is 1.35 bits per heavy atom. The topological polar surface area (TPSA) is 78.0 Å². The van der Waals surface area contributed by atoms with E-state index in [4.69, 9.17) is 0 Å². The lowest BCUT2D eigenvalue weighted by Gasteiger charge is -2.24. The Morgan fingerprint density at radius 3 is 2.57 bits per heavy atom. The fraction of sp³-hybridized carbons (Fsp3) is 0.444. The molecule has 0 aliphatic rings. The zero-order valence-corrected chi connectivity index (χ0v) is 14.2. The normalized spacial score (nSPS) is 15.0. The quantitative estimate of drug-likeness (QED) is 0.766. The molecule has 2 atom stereocenters. The summed E-state index contributed by atoms with van der Waals surface area (Å²) in [6.45, 7) is 7.81. The van der Waals surface area contributed by atoms with Gasteiger partial charge < -0.3 is 10.4 Å². The fourth-order valence-corrected chi connectivity index (χ4v) is 2.91. The Kier molecular flexibility index (Phi) is 5.21. The molecule has 1 aromatic heterocycles. The van der Waals surface area contributed by atoms with Crippen LogP contribution < -0.4 is 5.32 Å². The van der Waals surface area contributed by atoms with Crippen molar-refractivity contribution in [1.82, 2.24) is 15.5 Å². The molecule has 0 bridgehead atoms. The van der Waals surface area contributed by atoms with Gasteiger partial charge in [0.05, 0.1) is 12.2 Å². The van der Waals surface area contributed by atoms with Gasteiger partial charge in [0, 0.05) is 12.1 Å². The first-order valence-corrected chi connectivity index (χ1v) is 7.87. The van der Waals surface area contributed by atoms with Crippen molar-refractivity contribution in [1.29, 1.82) is 0 Å². The van der Waals surface area contributed by atoms with Crippen LogP contribution in [0.4, 0.5) is 0 Å². The molecular weight excluding hydrogens is 290 g/mol. The third-order valence-corrected chi connectivity index (χ3v) is 4.19. The minimum atomic E-state index is -1.08. The molecule has 0 aliphatic heterocycles. The molecule has 3 N–H and O–H groups in total. The van der Waals surface area contributed by atoms with Crippen LogP contribution in [0.5, 0.6) is 0 Å². The number of aromatic amines is 1. The number of aryl methyl sites for hydroxylation is 2. The van der Waals surface area contributed by atoms with Gasteiger partial charge in [-0.15, -0.1) is 0 Å². The average Bonchev–Trinajstić information content (AvgIpc) is 2.85. The second-order valence-corrected chi connectivity index (χ2v) is 6.37. The monoisotopic (exact) mass is 315 g/mol. The van der Waals surface area contributed by atoms with Crippen molar-refractivity contribution in [3.63, 3.8) is 0 Å². The van der Waals surface area contributed by atoms with Gasteiger partial charge in [-0.2, -0.15) is 5.10 Å². The van der Waals surface area contributed by atoms with E-state index in [-0.39, 0.29) is 18.4 Å². The Hall–Kier alpha value is -2.14. The summed E-state index contributed by atoms with van der Waals surface area (Å²) in [6, 6.07) is 9.35. The maximum Gasteiger partial charge on any atom is 0.220 e.